The molecule has 2 aromatic rings. The summed E-state index contributed by atoms with van der Waals surface area (Å²) in [6.45, 7) is 6.03. The van der Waals surface area contributed by atoms with Gasteiger partial charge in [0.05, 0.1) is 11.0 Å². The minimum atomic E-state index is 0.336. The summed E-state index contributed by atoms with van der Waals surface area (Å²) in [6.07, 6.45) is 0. The summed E-state index contributed by atoms with van der Waals surface area (Å²) in [5.74, 6) is 0.963. The van der Waals surface area contributed by atoms with Gasteiger partial charge in [0.15, 0.2) is 0 Å². The number of imidazole rings is 1. The molecular weight excluding hydrogens is 212 g/mol. The summed E-state index contributed by atoms with van der Waals surface area (Å²) < 4.78 is 0. The Kier molecular flexibility index (Phi) is 3.76. The normalized spacial score (nSPS) is 13.1. The number of hydrogen-bond donors (Lipinski definition) is 3. The third kappa shape index (κ3) is 2.65. The summed E-state index contributed by atoms with van der Waals surface area (Å²) in [7, 11) is 1.99. The highest BCUT2D eigenvalue weighted by Gasteiger charge is 2.09. The number of hydrogen-bond acceptors (Lipinski definition) is 3. The zero-order valence-corrected chi connectivity index (χ0v) is 10.7. The maximum Gasteiger partial charge on any atom is 0.104 e. The van der Waals surface area contributed by atoms with Crippen molar-refractivity contribution in [3.63, 3.8) is 0 Å². The van der Waals surface area contributed by atoms with E-state index in [0.717, 1.165) is 29.9 Å². The number of rotatable bonds is 5. The number of aromatic amines is 1. The van der Waals surface area contributed by atoms with Crippen LogP contribution in [-0.4, -0.2) is 30.1 Å². The summed E-state index contributed by atoms with van der Waals surface area (Å²) in [4.78, 5) is 7.68. The Hall–Kier alpha value is -1.39. The van der Waals surface area contributed by atoms with E-state index in [0.29, 0.717) is 6.04 Å². The van der Waals surface area contributed by atoms with Crippen molar-refractivity contribution in [1.29, 1.82) is 0 Å². The molecule has 1 unspecified atom stereocenters. The van der Waals surface area contributed by atoms with Crippen molar-refractivity contribution < 1.29 is 0 Å². The van der Waals surface area contributed by atoms with E-state index in [1.165, 1.54) is 5.56 Å². The summed E-state index contributed by atoms with van der Waals surface area (Å²) in [6, 6.07) is 6.72. The van der Waals surface area contributed by atoms with Crippen molar-refractivity contribution in [2.24, 2.45) is 0 Å². The van der Waals surface area contributed by atoms with Crippen LogP contribution in [0.25, 0.3) is 11.0 Å². The molecule has 4 heteroatoms. The highest BCUT2D eigenvalue weighted by molar-refractivity contribution is 5.76. The molecule has 0 amide bonds. The fourth-order valence-electron chi connectivity index (χ4n) is 2.05. The second-order valence-electron chi connectivity index (χ2n) is 4.25. The molecule has 92 valence electrons. The van der Waals surface area contributed by atoms with Gasteiger partial charge in [0.25, 0.3) is 0 Å². The molecule has 0 radical (unpaired) electrons. The van der Waals surface area contributed by atoms with Gasteiger partial charge in [-0.25, -0.2) is 4.98 Å². The monoisotopic (exact) mass is 232 g/mol. The first-order chi connectivity index (χ1) is 8.24. The first-order valence-corrected chi connectivity index (χ1v) is 6.09. The second-order valence-corrected chi connectivity index (χ2v) is 4.25. The molecule has 0 fully saturated rings. The van der Waals surface area contributed by atoms with Gasteiger partial charge >= 0.3 is 0 Å². The standard InChI is InChI=1S/C13H20N4/c1-4-15-8-13(14-3)10-5-6-11-12(7-10)17-9(2)16-11/h5-7,13-15H,4,8H2,1-3H3,(H,16,17). The molecular formula is C13H20N4. The van der Waals surface area contributed by atoms with Crippen molar-refractivity contribution >= 4 is 11.0 Å². The van der Waals surface area contributed by atoms with E-state index in [4.69, 9.17) is 0 Å². The predicted molar refractivity (Wildman–Crippen MR) is 71.2 cm³/mol. The van der Waals surface area contributed by atoms with Gasteiger partial charge in [-0.3, -0.25) is 0 Å². The quantitative estimate of drug-likeness (QED) is 0.736. The van der Waals surface area contributed by atoms with E-state index in [1.54, 1.807) is 0 Å². The molecule has 17 heavy (non-hydrogen) atoms. The van der Waals surface area contributed by atoms with Gasteiger partial charge in [0, 0.05) is 12.6 Å². The van der Waals surface area contributed by atoms with Crippen molar-refractivity contribution in [1.82, 2.24) is 20.6 Å². The summed E-state index contributed by atoms with van der Waals surface area (Å²) in [5, 5.41) is 6.69. The maximum atomic E-state index is 4.41. The molecule has 0 spiro atoms. The smallest absolute Gasteiger partial charge is 0.104 e. The number of nitrogens with one attached hydrogen (secondary N) is 3. The average Bonchev–Trinajstić information content (AvgIpc) is 2.69. The number of likely N-dealkylation sites (N-methyl/N-ethyl adjacent to an activating group) is 2. The molecule has 4 nitrogen and oxygen atoms in total. The van der Waals surface area contributed by atoms with E-state index in [-0.39, 0.29) is 0 Å². The molecule has 1 atom stereocenters. The Morgan fingerprint density at radius 2 is 2.24 bits per heavy atom. The summed E-state index contributed by atoms with van der Waals surface area (Å²) in [5.41, 5.74) is 3.42. The van der Waals surface area contributed by atoms with Crippen LogP contribution in [0, 0.1) is 6.92 Å². The van der Waals surface area contributed by atoms with Crippen molar-refractivity contribution in [2.45, 2.75) is 19.9 Å². The zero-order valence-electron chi connectivity index (χ0n) is 10.7. The number of aromatic nitrogens is 2. The predicted octanol–water partition coefficient (Wildman–Crippen LogP) is 1.74. The molecule has 0 bridgehead atoms. The number of benzene rings is 1. The Balaban J connectivity index is 2.26. The molecule has 1 heterocycles. The molecule has 0 aliphatic heterocycles. The van der Waals surface area contributed by atoms with Gasteiger partial charge in [0.1, 0.15) is 5.82 Å². The van der Waals surface area contributed by atoms with Gasteiger partial charge < -0.3 is 15.6 Å². The van der Waals surface area contributed by atoms with Crippen LogP contribution in [0.1, 0.15) is 24.4 Å². The first-order valence-electron chi connectivity index (χ1n) is 6.09. The molecule has 2 rings (SSSR count). The highest BCUT2D eigenvalue weighted by Crippen LogP contribution is 2.18. The van der Waals surface area contributed by atoms with Crippen LogP contribution in [0.3, 0.4) is 0 Å². The Labute approximate surface area is 102 Å². The number of H-pyrrole nitrogens is 1. The van der Waals surface area contributed by atoms with E-state index in [2.05, 4.69) is 45.7 Å². The molecule has 0 saturated heterocycles. The maximum absolute atomic E-state index is 4.41. The van der Waals surface area contributed by atoms with Gasteiger partial charge in [-0.2, -0.15) is 0 Å². The molecule has 0 aliphatic rings. The van der Waals surface area contributed by atoms with E-state index < -0.39 is 0 Å². The van der Waals surface area contributed by atoms with Gasteiger partial charge in [-0.05, 0) is 38.2 Å². The van der Waals surface area contributed by atoms with Crippen molar-refractivity contribution in [3.05, 3.63) is 29.6 Å². The lowest BCUT2D eigenvalue weighted by Crippen LogP contribution is -2.29. The minimum Gasteiger partial charge on any atom is -0.342 e. The summed E-state index contributed by atoms with van der Waals surface area (Å²) >= 11 is 0. The topological polar surface area (TPSA) is 52.7 Å². The third-order valence-electron chi connectivity index (χ3n) is 2.97. The van der Waals surface area contributed by atoms with Crippen LogP contribution in [0.15, 0.2) is 18.2 Å². The highest BCUT2D eigenvalue weighted by atomic mass is 15.0. The molecule has 0 aliphatic carbocycles. The minimum absolute atomic E-state index is 0.336. The van der Waals surface area contributed by atoms with Crippen LogP contribution in [0.4, 0.5) is 0 Å². The number of aryl methyl sites for hydroxylation is 1. The lowest BCUT2D eigenvalue weighted by molar-refractivity contribution is 0.539. The third-order valence-corrected chi connectivity index (χ3v) is 2.97. The van der Waals surface area contributed by atoms with E-state index in [1.807, 2.05) is 14.0 Å². The van der Waals surface area contributed by atoms with Crippen molar-refractivity contribution in [3.8, 4) is 0 Å². The van der Waals surface area contributed by atoms with Crippen LogP contribution < -0.4 is 10.6 Å². The van der Waals surface area contributed by atoms with Crippen LogP contribution in [-0.2, 0) is 0 Å². The van der Waals surface area contributed by atoms with Crippen LogP contribution >= 0.6 is 0 Å². The Morgan fingerprint density at radius 3 is 2.94 bits per heavy atom. The molecule has 0 saturated carbocycles. The zero-order chi connectivity index (χ0) is 12.3. The van der Waals surface area contributed by atoms with E-state index in [9.17, 15) is 0 Å². The largest absolute Gasteiger partial charge is 0.342 e. The fourth-order valence-corrected chi connectivity index (χ4v) is 2.05. The second kappa shape index (κ2) is 5.29. The first kappa shape index (κ1) is 12.1. The molecule has 1 aromatic carbocycles. The van der Waals surface area contributed by atoms with Crippen molar-refractivity contribution in [2.75, 3.05) is 20.1 Å². The van der Waals surface area contributed by atoms with Crippen LogP contribution in [0.2, 0.25) is 0 Å². The van der Waals surface area contributed by atoms with Crippen LogP contribution in [0.5, 0.6) is 0 Å². The van der Waals surface area contributed by atoms with Gasteiger partial charge in [-0.15, -0.1) is 0 Å². The lowest BCUT2D eigenvalue weighted by Gasteiger charge is -2.16. The van der Waals surface area contributed by atoms with Gasteiger partial charge in [0.2, 0.25) is 0 Å². The average molecular weight is 232 g/mol. The fraction of sp³-hybridized carbons (Fsp3) is 0.462. The Morgan fingerprint density at radius 1 is 1.41 bits per heavy atom. The SMILES string of the molecule is CCNCC(NC)c1ccc2nc(C)[nH]c2c1. The lowest BCUT2D eigenvalue weighted by atomic mass is 10.1. The van der Waals surface area contributed by atoms with E-state index >= 15 is 0 Å². The molecule has 3 N–H and O–H groups in total. The van der Waals surface area contributed by atoms with Gasteiger partial charge in [-0.1, -0.05) is 13.0 Å². The number of nitrogens with zero attached hydrogens (tertiary/aromatic N) is 1. The number of fused-ring (bicyclic) bond motifs is 1. The Bertz CT molecular complexity index is 489. The molecule has 1 aromatic heterocycles.